The van der Waals surface area contributed by atoms with Crippen molar-refractivity contribution < 1.29 is 4.39 Å². The second-order valence-electron chi connectivity index (χ2n) is 3.10. The summed E-state index contributed by atoms with van der Waals surface area (Å²) in [6.07, 6.45) is 5.44. The van der Waals surface area contributed by atoms with Crippen LogP contribution >= 0.6 is 0 Å². The van der Waals surface area contributed by atoms with Crippen LogP contribution in [0.1, 0.15) is 5.56 Å². The van der Waals surface area contributed by atoms with Gasteiger partial charge in [-0.2, -0.15) is 0 Å². The Kier molecular flexibility index (Phi) is 2.31. The second kappa shape index (κ2) is 3.62. The third kappa shape index (κ3) is 1.53. The Morgan fingerprint density at radius 2 is 2.36 bits per heavy atom. The molecule has 71 valence electrons. The van der Waals surface area contributed by atoms with E-state index in [1.165, 1.54) is 6.07 Å². The summed E-state index contributed by atoms with van der Waals surface area (Å²) < 4.78 is 13.2. The summed E-state index contributed by atoms with van der Waals surface area (Å²) in [6.45, 7) is 2.29. The molecule has 2 rings (SSSR count). The van der Waals surface area contributed by atoms with E-state index in [0.29, 0.717) is 12.2 Å². The minimum absolute atomic E-state index is 0.231. The lowest BCUT2D eigenvalue weighted by Crippen LogP contribution is -2.19. The first-order chi connectivity index (χ1) is 6.79. The molecule has 0 spiro atoms. The van der Waals surface area contributed by atoms with Crippen molar-refractivity contribution in [2.75, 3.05) is 11.6 Å². The predicted octanol–water partition coefficient (Wildman–Crippen LogP) is 2.30. The van der Waals surface area contributed by atoms with E-state index < -0.39 is 0 Å². The molecule has 1 heterocycles. The number of hydrogen-bond acceptors (Lipinski definition) is 2. The number of nitrogens with zero attached hydrogens (tertiary/aromatic N) is 2. The number of benzene rings is 1. The van der Waals surface area contributed by atoms with Gasteiger partial charge in [-0.1, -0.05) is 0 Å². The molecule has 0 atom stereocenters. The molecule has 1 aliphatic rings. The largest absolute Gasteiger partial charge is 0.328 e. The van der Waals surface area contributed by atoms with Crippen LogP contribution in [0.2, 0.25) is 0 Å². The summed E-state index contributed by atoms with van der Waals surface area (Å²) in [4.78, 5) is 5.97. The maximum absolute atomic E-state index is 13.2. The molecule has 0 aliphatic carbocycles. The van der Waals surface area contributed by atoms with Crippen LogP contribution < -0.4 is 4.90 Å². The molecule has 0 unspecified atom stereocenters. The van der Waals surface area contributed by atoms with Crippen LogP contribution in [0.5, 0.6) is 0 Å². The predicted molar refractivity (Wildman–Crippen MR) is 55.0 cm³/mol. The lowest BCUT2D eigenvalue weighted by atomic mass is 10.2. The van der Waals surface area contributed by atoms with Gasteiger partial charge in [0.05, 0.1) is 0 Å². The second-order valence-corrected chi connectivity index (χ2v) is 3.10. The normalized spacial score (nSPS) is 14.9. The number of anilines is 1. The maximum Gasteiger partial charge on any atom is 0.128 e. The van der Waals surface area contributed by atoms with Crippen molar-refractivity contribution in [3.05, 3.63) is 41.9 Å². The summed E-state index contributed by atoms with van der Waals surface area (Å²) in [5, 5.41) is 0. The standard InChI is InChI=1S/C11H10FN2/c1-9-10(12)4-2-5-11(9)14-7-3-6-13-8-14/h3-7H,8H2,1H3. The average molecular weight is 189 g/mol. The zero-order valence-electron chi connectivity index (χ0n) is 7.87. The first kappa shape index (κ1) is 8.94. The van der Waals surface area contributed by atoms with Crippen LogP contribution in [0.3, 0.4) is 0 Å². The molecule has 1 aliphatic heterocycles. The van der Waals surface area contributed by atoms with E-state index in [9.17, 15) is 4.39 Å². The van der Waals surface area contributed by atoms with E-state index in [2.05, 4.69) is 11.1 Å². The van der Waals surface area contributed by atoms with Gasteiger partial charge in [0.1, 0.15) is 12.5 Å². The molecule has 0 N–H and O–H groups in total. The third-order valence-electron chi connectivity index (χ3n) is 2.17. The van der Waals surface area contributed by atoms with Crippen molar-refractivity contribution in [2.24, 2.45) is 4.99 Å². The van der Waals surface area contributed by atoms with Gasteiger partial charge in [0, 0.05) is 23.7 Å². The van der Waals surface area contributed by atoms with Gasteiger partial charge in [-0.3, -0.25) is 4.99 Å². The van der Waals surface area contributed by atoms with Gasteiger partial charge in [0.15, 0.2) is 0 Å². The van der Waals surface area contributed by atoms with Crippen LogP contribution in [0.15, 0.2) is 29.4 Å². The summed E-state index contributed by atoms with van der Waals surface area (Å²) in [6, 6.07) is 5.88. The molecule has 14 heavy (non-hydrogen) atoms. The number of halogens is 1. The van der Waals surface area contributed by atoms with E-state index >= 15 is 0 Å². The molecule has 0 saturated carbocycles. The fourth-order valence-electron chi connectivity index (χ4n) is 1.37. The minimum Gasteiger partial charge on any atom is -0.328 e. The van der Waals surface area contributed by atoms with Crippen LogP contribution in [0, 0.1) is 18.8 Å². The zero-order chi connectivity index (χ0) is 9.97. The Morgan fingerprint density at radius 3 is 3.07 bits per heavy atom. The highest BCUT2D eigenvalue weighted by Crippen LogP contribution is 2.22. The Labute approximate surface area is 82.4 Å². The van der Waals surface area contributed by atoms with E-state index in [1.54, 1.807) is 19.2 Å². The quantitative estimate of drug-likeness (QED) is 0.661. The molecule has 0 fully saturated rings. The highest BCUT2D eigenvalue weighted by atomic mass is 19.1. The Balaban J connectivity index is 2.36. The molecule has 0 saturated heterocycles. The van der Waals surface area contributed by atoms with Crippen LogP contribution in [-0.4, -0.2) is 12.9 Å². The van der Waals surface area contributed by atoms with Gasteiger partial charge in [-0.15, -0.1) is 0 Å². The third-order valence-corrected chi connectivity index (χ3v) is 2.17. The Bertz CT molecular complexity index is 396. The van der Waals surface area contributed by atoms with E-state index in [1.807, 2.05) is 17.2 Å². The molecule has 0 amide bonds. The summed E-state index contributed by atoms with van der Waals surface area (Å²) >= 11 is 0. The number of aliphatic imine (C=N–C) groups is 1. The lowest BCUT2D eigenvalue weighted by Gasteiger charge is -2.21. The van der Waals surface area contributed by atoms with Gasteiger partial charge < -0.3 is 4.90 Å². The van der Waals surface area contributed by atoms with Crippen molar-refractivity contribution in [2.45, 2.75) is 6.92 Å². The van der Waals surface area contributed by atoms with E-state index in [4.69, 9.17) is 0 Å². The molecule has 2 nitrogen and oxygen atoms in total. The molecular weight excluding hydrogens is 179 g/mol. The smallest absolute Gasteiger partial charge is 0.128 e. The summed E-state index contributed by atoms with van der Waals surface area (Å²) in [7, 11) is 0. The van der Waals surface area contributed by atoms with Gasteiger partial charge in [0.2, 0.25) is 0 Å². The maximum atomic E-state index is 13.2. The molecule has 1 radical (unpaired) electrons. The molecule has 0 aromatic heterocycles. The highest BCUT2D eigenvalue weighted by molar-refractivity contribution is 5.74. The SMILES string of the molecule is Cc1c(F)c[c]cc1N1C=CC=NC1. The lowest BCUT2D eigenvalue weighted by molar-refractivity contribution is 0.618. The average Bonchev–Trinajstić information content (AvgIpc) is 2.23. The fraction of sp³-hybridized carbons (Fsp3) is 0.182. The van der Waals surface area contributed by atoms with Gasteiger partial charge in [0.25, 0.3) is 0 Å². The minimum atomic E-state index is -0.231. The van der Waals surface area contributed by atoms with E-state index in [-0.39, 0.29) is 5.82 Å². The molecule has 1 aromatic carbocycles. The van der Waals surface area contributed by atoms with Crippen molar-refractivity contribution >= 4 is 11.9 Å². The number of allylic oxidation sites excluding steroid dienone is 1. The Morgan fingerprint density at radius 1 is 1.50 bits per heavy atom. The highest BCUT2D eigenvalue weighted by Gasteiger charge is 2.09. The molecule has 3 heteroatoms. The van der Waals surface area contributed by atoms with Gasteiger partial charge in [-0.25, -0.2) is 4.39 Å². The van der Waals surface area contributed by atoms with Crippen molar-refractivity contribution in [1.29, 1.82) is 0 Å². The molecule has 0 bridgehead atoms. The topological polar surface area (TPSA) is 15.6 Å². The monoisotopic (exact) mass is 189 g/mol. The number of rotatable bonds is 1. The zero-order valence-corrected chi connectivity index (χ0v) is 7.87. The summed E-state index contributed by atoms with van der Waals surface area (Å²) in [5.74, 6) is -0.231. The fourth-order valence-corrected chi connectivity index (χ4v) is 1.37. The van der Waals surface area contributed by atoms with Crippen molar-refractivity contribution in [1.82, 2.24) is 0 Å². The summed E-state index contributed by atoms with van der Waals surface area (Å²) in [5.41, 5.74) is 1.45. The number of hydrogen-bond donors (Lipinski definition) is 0. The first-order valence-electron chi connectivity index (χ1n) is 4.38. The van der Waals surface area contributed by atoms with Crippen LogP contribution in [0.25, 0.3) is 0 Å². The van der Waals surface area contributed by atoms with Gasteiger partial charge >= 0.3 is 0 Å². The Hall–Kier alpha value is -1.64. The first-order valence-corrected chi connectivity index (χ1v) is 4.38. The molecular formula is C11H10FN2. The molecule has 1 aromatic rings. The van der Waals surface area contributed by atoms with Crippen LogP contribution in [-0.2, 0) is 0 Å². The van der Waals surface area contributed by atoms with Crippen LogP contribution in [0.4, 0.5) is 10.1 Å². The van der Waals surface area contributed by atoms with E-state index in [0.717, 1.165) is 5.69 Å². The van der Waals surface area contributed by atoms with Crippen molar-refractivity contribution in [3.63, 3.8) is 0 Å². The van der Waals surface area contributed by atoms with Crippen molar-refractivity contribution in [3.8, 4) is 0 Å². The van der Waals surface area contributed by atoms with Gasteiger partial charge in [-0.05, 0) is 31.2 Å².